The van der Waals surface area contributed by atoms with Gasteiger partial charge in [0.25, 0.3) is 5.56 Å². The van der Waals surface area contributed by atoms with E-state index in [9.17, 15) is 9.18 Å². The molecule has 0 saturated heterocycles. The van der Waals surface area contributed by atoms with E-state index in [0.29, 0.717) is 40.3 Å². The van der Waals surface area contributed by atoms with Crippen LogP contribution in [-0.4, -0.2) is 42.7 Å². The van der Waals surface area contributed by atoms with Crippen molar-refractivity contribution in [3.05, 3.63) is 88.6 Å². The second kappa shape index (κ2) is 10.4. The van der Waals surface area contributed by atoms with Crippen molar-refractivity contribution in [1.82, 2.24) is 29.5 Å². The molecule has 0 bridgehead atoms. The molecule has 0 aliphatic heterocycles. The van der Waals surface area contributed by atoms with Crippen LogP contribution in [0.4, 0.5) is 4.39 Å². The number of methoxy groups -OCH3 is 1. The fourth-order valence-electron chi connectivity index (χ4n) is 4.69. The second-order valence-corrected chi connectivity index (χ2v) is 10.0. The average Bonchev–Trinajstić information content (AvgIpc) is 3.80. The van der Waals surface area contributed by atoms with Crippen LogP contribution in [0.2, 0.25) is 0 Å². The van der Waals surface area contributed by atoms with Gasteiger partial charge in [0.15, 0.2) is 5.82 Å². The summed E-state index contributed by atoms with van der Waals surface area (Å²) in [5.41, 5.74) is 4.04. The number of pyridine rings is 2. The third-order valence-corrected chi connectivity index (χ3v) is 6.70. The first-order chi connectivity index (χ1) is 19.4. The lowest BCUT2D eigenvalue weighted by molar-refractivity contribution is 0.241. The lowest BCUT2D eigenvalue weighted by atomic mass is 10.1. The van der Waals surface area contributed by atoms with Crippen LogP contribution in [0.15, 0.2) is 66.0 Å². The van der Waals surface area contributed by atoms with Gasteiger partial charge in [0.05, 0.1) is 31.6 Å². The molecule has 10 heteroatoms. The van der Waals surface area contributed by atoms with Crippen LogP contribution in [-0.2, 0) is 6.54 Å². The van der Waals surface area contributed by atoms with E-state index in [2.05, 4.69) is 19.9 Å². The summed E-state index contributed by atoms with van der Waals surface area (Å²) < 4.78 is 26.8. The predicted molar refractivity (Wildman–Crippen MR) is 148 cm³/mol. The Labute approximate surface area is 229 Å². The van der Waals surface area contributed by atoms with E-state index in [1.807, 2.05) is 38.1 Å². The molecule has 1 aliphatic carbocycles. The van der Waals surface area contributed by atoms with Crippen LogP contribution in [0.1, 0.15) is 43.9 Å². The predicted octanol–water partition coefficient (Wildman–Crippen LogP) is 5.17. The molecule has 40 heavy (non-hydrogen) atoms. The van der Waals surface area contributed by atoms with Gasteiger partial charge in [-0.1, -0.05) is 24.3 Å². The van der Waals surface area contributed by atoms with Gasteiger partial charge in [0.1, 0.15) is 34.8 Å². The number of halogens is 1. The van der Waals surface area contributed by atoms with Crippen molar-refractivity contribution in [3.63, 3.8) is 0 Å². The molecule has 0 amide bonds. The Morgan fingerprint density at radius 1 is 1.02 bits per heavy atom. The van der Waals surface area contributed by atoms with E-state index in [1.165, 1.54) is 24.7 Å². The molecule has 0 unspecified atom stereocenters. The summed E-state index contributed by atoms with van der Waals surface area (Å²) in [6, 6.07) is 12.2. The standard InChI is InChI=1S/C30H27FN6O3/c1-17(2)40-23-12-22(31)14-32-26(23)19-6-4-18(5-7-19)15-37-24(38)11-10-21-13-33-28(36-29(21)37)25-27(20-8-9-20)34-16-35-30(25)39-3/h4-7,10-14,16-17,20H,8-9,15H2,1-3H3. The summed E-state index contributed by atoms with van der Waals surface area (Å²) >= 11 is 0. The lowest BCUT2D eigenvalue weighted by Crippen LogP contribution is -2.21. The smallest absolute Gasteiger partial charge is 0.252 e. The topological polar surface area (TPSA) is 105 Å². The maximum absolute atomic E-state index is 13.8. The normalized spacial score (nSPS) is 13.1. The highest BCUT2D eigenvalue weighted by atomic mass is 19.1. The summed E-state index contributed by atoms with van der Waals surface area (Å²) in [4.78, 5) is 35.5. The molecule has 1 saturated carbocycles. The van der Waals surface area contributed by atoms with Crippen LogP contribution >= 0.6 is 0 Å². The van der Waals surface area contributed by atoms with Gasteiger partial charge < -0.3 is 9.47 Å². The highest BCUT2D eigenvalue weighted by Gasteiger charge is 2.31. The van der Waals surface area contributed by atoms with Crippen molar-refractivity contribution in [1.29, 1.82) is 0 Å². The van der Waals surface area contributed by atoms with E-state index in [4.69, 9.17) is 14.5 Å². The van der Waals surface area contributed by atoms with Gasteiger partial charge in [-0.25, -0.2) is 29.3 Å². The fourth-order valence-corrected chi connectivity index (χ4v) is 4.69. The second-order valence-electron chi connectivity index (χ2n) is 10.0. The molecule has 9 nitrogen and oxygen atoms in total. The van der Waals surface area contributed by atoms with Crippen molar-refractivity contribution in [3.8, 4) is 34.3 Å². The van der Waals surface area contributed by atoms with Gasteiger partial charge in [-0.15, -0.1) is 0 Å². The van der Waals surface area contributed by atoms with Gasteiger partial charge in [-0.3, -0.25) is 9.36 Å². The Hall–Kier alpha value is -4.73. The summed E-state index contributed by atoms with van der Waals surface area (Å²) in [5.74, 6) is 1.07. The van der Waals surface area contributed by atoms with E-state index < -0.39 is 5.82 Å². The van der Waals surface area contributed by atoms with E-state index in [0.717, 1.165) is 35.0 Å². The fraction of sp³-hybridized carbons (Fsp3) is 0.267. The molecule has 0 N–H and O–H groups in total. The number of benzene rings is 1. The summed E-state index contributed by atoms with van der Waals surface area (Å²) in [6.07, 6.45) is 6.33. The first-order valence-corrected chi connectivity index (χ1v) is 13.1. The number of rotatable bonds is 8. The van der Waals surface area contributed by atoms with Crippen LogP contribution in [0.3, 0.4) is 0 Å². The number of ether oxygens (including phenoxy) is 2. The summed E-state index contributed by atoms with van der Waals surface area (Å²) in [5, 5.41) is 0.731. The van der Waals surface area contributed by atoms with Crippen molar-refractivity contribution in [2.45, 2.75) is 45.3 Å². The Balaban J connectivity index is 1.37. The Bertz CT molecular complexity index is 1770. The molecule has 1 aliphatic rings. The molecule has 0 spiro atoms. The van der Waals surface area contributed by atoms with Gasteiger partial charge in [0.2, 0.25) is 5.88 Å². The monoisotopic (exact) mass is 538 g/mol. The zero-order valence-electron chi connectivity index (χ0n) is 22.3. The highest BCUT2D eigenvalue weighted by molar-refractivity contribution is 5.78. The van der Waals surface area contributed by atoms with Crippen molar-refractivity contribution in [2.24, 2.45) is 0 Å². The molecule has 0 radical (unpaired) electrons. The third-order valence-electron chi connectivity index (χ3n) is 6.70. The van der Waals surface area contributed by atoms with E-state index in [-0.39, 0.29) is 18.2 Å². The molecular weight excluding hydrogens is 511 g/mol. The quantitative estimate of drug-likeness (QED) is 0.266. The minimum atomic E-state index is -0.461. The Morgan fingerprint density at radius 3 is 2.55 bits per heavy atom. The average molecular weight is 539 g/mol. The van der Waals surface area contributed by atoms with Gasteiger partial charge in [-0.2, -0.15) is 0 Å². The van der Waals surface area contributed by atoms with Crippen molar-refractivity contribution >= 4 is 11.0 Å². The Kier molecular flexibility index (Phi) is 6.67. The molecule has 6 rings (SSSR count). The van der Waals surface area contributed by atoms with Gasteiger partial charge in [-0.05, 0) is 38.3 Å². The minimum absolute atomic E-state index is 0.130. The van der Waals surface area contributed by atoms with Gasteiger partial charge >= 0.3 is 0 Å². The zero-order chi connectivity index (χ0) is 27.8. The minimum Gasteiger partial charge on any atom is -0.489 e. The number of nitrogens with zero attached hydrogens (tertiary/aromatic N) is 6. The number of aromatic nitrogens is 6. The van der Waals surface area contributed by atoms with E-state index >= 15 is 0 Å². The molecule has 4 aromatic heterocycles. The van der Waals surface area contributed by atoms with Crippen molar-refractivity contribution < 1.29 is 13.9 Å². The van der Waals surface area contributed by atoms with Crippen LogP contribution in [0.25, 0.3) is 33.7 Å². The van der Waals surface area contributed by atoms with E-state index in [1.54, 1.807) is 23.9 Å². The first-order valence-electron chi connectivity index (χ1n) is 13.1. The van der Waals surface area contributed by atoms with Crippen molar-refractivity contribution in [2.75, 3.05) is 7.11 Å². The van der Waals surface area contributed by atoms with Crippen LogP contribution in [0.5, 0.6) is 11.6 Å². The summed E-state index contributed by atoms with van der Waals surface area (Å²) in [7, 11) is 1.56. The highest BCUT2D eigenvalue weighted by Crippen LogP contribution is 2.44. The molecular formula is C30H27FN6O3. The number of fused-ring (bicyclic) bond motifs is 1. The maximum Gasteiger partial charge on any atom is 0.252 e. The molecule has 0 atom stereocenters. The third kappa shape index (κ3) is 5.00. The largest absolute Gasteiger partial charge is 0.489 e. The summed E-state index contributed by atoms with van der Waals surface area (Å²) in [6.45, 7) is 4.04. The SMILES string of the molecule is COc1ncnc(C2CC2)c1-c1ncc2ccc(=O)n(Cc3ccc(-c4ncc(F)cc4OC(C)C)cc3)c2n1. The molecule has 5 aromatic rings. The molecule has 1 fully saturated rings. The van der Waals surface area contributed by atoms with Gasteiger partial charge in [0, 0.05) is 35.2 Å². The maximum atomic E-state index is 13.8. The van der Waals surface area contributed by atoms with Crippen LogP contribution in [0, 0.1) is 5.82 Å². The first kappa shape index (κ1) is 25.5. The molecule has 4 heterocycles. The molecule has 202 valence electrons. The zero-order valence-corrected chi connectivity index (χ0v) is 22.3. The van der Waals surface area contributed by atoms with Crippen LogP contribution < -0.4 is 15.0 Å². The molecule has 1 aromatic carbocycles. The number of hydrogen-bond acceptors (Lipinski definition) is 8. The lowest BCUT2D eigenvalue weighted by Gasteiger charge is -2.15. The number of hydrogen-bond donors (Lipinski definition) is 0. The Morgan fingerprint density at radius 2 is 1.82 bits per heavy atom.